The van der Waals surface area contributed by atoms with Crippen molar-refractivity contribution in [2.75, 3.05) is 19.7 Å². The Morgan fingerprint density at radius 2 is 2.04 bits per heavy atom. The Labute approximate surface area is 161 Å². The van der Waals surface area contributed by atoms with Crippen molar-refractivity contribution in [1.29, 1.82) is 0 Å². The fraction of sp³-hybridized carbons (Fsp3) is 0.524. The van der Waals surface area contributed by atoms with Gasteiger partial charge in [-0.05, 0) is 37.5 Å². The number of carbonyl (C=O) groups excluding carboxylic acids is 1. The quantitative estimate of drug-likeness (QED) is 0.814. The summed E-state index contributed by atoms with van der Waals surface area (Å²) in [5, 5.41) is 7.55. The van der Waals surface area contributed by atoms with Crippen molar-refractivity contribution in [3.05, 3.63) is 47.3 Å². The van der Waals surface area contributed by atoms with Gasteiger partial charge in [0.25, 0.3) is 5.91 Å². The molecule has 1 aromatic heterocycles. The molecule has 1 aromatic carbocycles. The highest BCUT2D eigenvalue weighted by Gasteiger charge is 2.17. The van der Waals surface area contributed by atoms with Crippen LogP contribution in [0.5, 0.6) is 5.75 Å². The molecule has 27 heavy (non-hydrogen) atoms. The first-order chi connectivity index (χ1) is 13.0. The van der Waals surface area contributed by atoms with E-state index in [4.69, 9.17) is 4.74 Å². The van der Waals surface area contributed by atoms with Crippen molar-refractivity contribution in [2.24, 2.45) is 5.92 Å². The van der Waals surface area contributed by atoms with Crippen LogP contribution in [0.3, 0.4) is 0 Å². The Hall–Kier alpha value is -2.34. The first kappa shape index (κ1) is 19.4. The minimum Gasteiger partial charge on any atom is -0.484 e. The highest BCUT2D eigenvalue weighted by Crippen LogP contribution is 2.15. The van der Waals surface area contributed by atoms with E-state index < -0.39 is 0 Å². The number of rotatable bonds is 7. The summed E-state index contributed by atoms with van der Waals surface area (Å²) in [7, 11) is 0. The monoisotopic (exact) mass is 370 g/mol. The molecule has 0 radical (unpaired) electrons. The maximum Gasteiger partial charge on any atom is 0.258 e. The smallest absolute Gasteiger partial charge is 0.258 e. The SMILES string of the molecule is Cc1ccc(OCC(=O)NCc2cc3n(n2)CCCN(CC(C)C)C3)cc1. The van der Waals surface area contributed by atoms with Gasteiger partial charge in [-0.25, -0.2) is 0 Å². The van der Waals surface area contributed by atoms with E-state index in [2.05, 4.69) is 39.9 Å². The average Bonchev–Trinajstić information content (AvgIpc) is 2.91. The lowest BCUT2D eigenvalue weighted by molar-refractivity contribution is -0.123. The second kappa shape index (κ2) is 9.04. The van der Waals surface area contributed by atoms with Crippen molar-refractivity contribution in [1.82, 2.24) is 20.0 Å². The number of hydrogen-bond acceptors (Lipinski definition) is 4. The molecule has 2 heterocycles. The predicted octanol–water partition coefficient (Wildman–Crippen LogP) is 2.75. The third kappa shape index (κ3) is 5.82. The number of nitrogens with one attached hydrogen (secondary N) is 1. The summed E-state index contributed by atoms with van der Waals surface area (Å²) in [4.78, 5) is 14.5. The molecule has 1 aliphatic rings. The number of amides is 1. The fourth-order valence-corrected chi connectivity index (χ4v) is 3.37. The van der Waals surface area contributed by atoms with Crippen LogP contribution in [-0.4, -0.2) is 40.3 Å². The molecule has 0 aliphatic carbocycles. The average molecular weight is 370 g/mol. The topological polar surface area (TPSA) is 59.4 Å². The van der Waals surface area contributed by atoms with E-state index in [-0.39, 0.29) is 12.5 Å². The van der Waals surface area contributed by atoms with Crippen LogP contribution in [0.15, 0.2) is 30.3 Å². The second-order valence-electron chi connectivity index (χ2n) is 7.71. The number of hydrogen-bond donors (Lipinski definition) is 1. The molecule has 0 fully saturated rings. The lowest BCUT2D eigenvalue weighted by Gasteiger charge is -2.21. The summed E-state index contributed by atoms with van der Waals surface area (Å²) in [6.45, 7) is 11.1. The van der Waals surface area contributed by atoms with Gasteiger partial charge in [-0.15, -0.1) is 0 Å². The zero-order valence-electron chi connectivity index (χ0n) is 16.6. The summed E-state index contributed by atoms with van der Waals surface area (Å²) in [6.07, 6.45) is 1.11. The molecule has 0 saturated carbocycles. The number of carbonyl (C=O) groups is 1. The van der Waals surface area contributed by atoms with Crippen molar-refractivity contribution >= 4 is 5.91 Å². The number of nitrogens with zero attached hydrogens (tertiary/aromatic N) is 3. The van der Waals surface area contributed by atoms with Crippen LogP contribution in [0.25, 0.3) is 0 Å². The van der Waals surface area contributed by atoms with Crippen molar-refractivity contribution in [3.8, 4) is 5.75 Å². The van der Waals surface area contributed by atoms with Crippen LogP contribution in [0.1, 0.15) is 37.2 Å². The Morgan fingerprint density at radius 1 is 1.26 bits per heavy atom. The number of fused-ring (bicyclic) bond motifs is 1. The molecule has 1 N–H and O–H groups in total. The van der Waals surface area contributed by atoms with E-state index in [0.29, 0.717) is 18.2 Å². The predicted molar refractivity (Wildman–Crippen MR) is 105 cm³/mol. The molecule has 2 aromatic rings. The van der Waals surface area contributed by atoms with Crippen LogP contribution in [0.2, 0.25) is 0 Å². The normalized spacial score (nSPS) is 14.7. The van der Waals surface area contributed by atoms with Gasteiger partial charge in [0.2, 0.25) is 0 Å². The van der Waals surface area contributed by atoms with Crippen molar-refractivity contribution in [2.45, 2.75) is 46.8 Å². The largest absolute Gasteiger partial charge is 0.484 e. The molecule has 0 unspecified atom stereocenters. The molecule has 1 aliphatic heterocycles. The third-order valence-corrected chi connectivity index (χ3v) is 4.62. The fourth-order valence-electron chi connectivity index (χ4n) is 3.37. The van der Waals surface area contributed by atoms with Crippen LogP contribution in [-0.2, 0) is 24.4 Å². The number of aryl methyl sites for hydroxylation is 2. The molecular formula is C21H30N4O2. The van der Waals surface area contributed by atoms with Gasteiger partial charge in [0, 0.05) is 26.2 Å². The molecule has 3 rings (SSSR count). The molecule has 146 valence electrons. The van der Waals surface area contributed by atoms with E-state index in [0.717, 1.165) is 38.3 Å². The van der Waals surface area contributed by atoms with Crippen molar-refractivity contribution < 1.29 is 9.53 Å². The van der Waals surface area contributed by atoms with Crippen LogP contribution in [0, 0.1) is 12.8 Å². The lowest BCUT2D eigenvalue weighted by Crippen LogP contribution is -2.28. The second-order valence-corrected chi connectivity index (χ2v) is 7.71. The Balaban J connectivity index is 1.48. The summed E-state index contributed by atoms with van der Waals surface area (Å²) >= 11 is 0. The Morgan fingerprint density at radius 3 is 2.78 bits per heavy atom. The van der Waals surface area contributed by atoms with Gasteiger partial charge in [0.15, 0.2) is 6.61 Å². The Kier molecular flexibility index (Phi) is 6.50. The molecule has 1 amide bonds. The highest BCUT2D eigenvalue weighted by molar-refractivity contribution is 5.77. The van der Waals surface area contributed by atoms with Gasteiger partial charge >= 0.3 is 0 Å². The maximum atomic E-state index is 12.0. The van der Waals surface area contributed by atoms with E-state index in [1.54, 1.807) is 0 Å². The van der Waals surface area contributed by atoms with E-state index in [1.165, 1.54) is 11.3 Å². The van der Waals surface area contributed by atoms with Crippen LogP contribution < -0.4 is 10.1 Å². The molecule has 6 nitrogen and oxygen atoms in total. The molecule has 6 heteroatoms. The zero-order chi connectivity index (χ0) is 19.2. The van der Waals surface area contributed by atoms with E-state index in [9.17, 15) is 4.79 Å². The lowest BCUT2D eigenvalue weighted by atomic mass is 10.2. The van der Waals surface area contributed by atoms with Crippen LogP contribution >= 0.6 is 0 Å². The minimum atomic E-state index is -0.139. The summed E-state index contributed by atoms with van der Waals surface area (Å²) in [5.41, 5.74) is 3.30. The molecular weight excluding hydrogens is 340 g/mol. The number of aromatic nitrogens is 2. The van der Waals surface area contributed by atoms with Gasteiger partial charge in [0.05, 0.1) is 17.9 Å². The molecule has 0 bridgehead atoms. The van der Waals surface area contributed by atoms with Gasteiger partial charge in [0.1, 0.15) is 5.75 Å². The van der Waals surface area contributed by atoms with Gasteiger partial charge < -0.3 is 10.1 Å². The van der Waals surface area contributed by atoms with Gasteiger partial charge in [-0.3, -0.25) is 14.4 Å². The molecule has 0 spiro atoms. The zero-order valence-corrected chi connectivity index (χ0v) is 16.6. The third-order valence-electron chi connectivity index (χ3n) is 4.62. The van der Waals surface area contributed by atoms with Gasteiger partial charge in [-0.1, -0.05) is 31.5 Å². The summed E-state index contributed by atoms with van der Waals surface area (Å²) < 4.78 is 7.60. The van der Waals surface area contributed by atoms with Crippen molar-refractivity contribution in [3.63, 3.8) is 0 Å². The minimum absolute atomic E-state index is 0.0127. The molecule has 0 saturated heterocycles. The summed E-state index contributed by atoms with van der Waals surface area (Å²) in [5.74, 6) is 1.22. The van der Waals surface area contributed by atoms with E-state index in [1.807, 2.05) is 31.2 Å². The first-order valence-corrected chi connectivity index (χ1v) is 9.73. The van der Waals surface area contributed by atoms with E-state index >= 15 is 0 Å². The summed E-state index contributed by atoms with van der Waals surface area (Å²) in [6, 6.07) is 9.79. The highest BCUT2D eigenvalue weighted by atomic mass is 16.5. The standard InChI is InChI=1S/C21H30N4O2/c1-16(2)13-24-9-4-10-25-19(14-24)11-18(23-25)12-22-21(26)15-27-20-7-5-17(3)6-8-20/h5-8,11,16H,4,9-10,12-15H2,1-3H3,(H,22,26). The Bertz CT molecular complexity index is 752. The molecule has 0 atom stereocenters. The number of benzene rings is 1. The number of ether oxygens (including phenoxy) is 1. The van der Waals surface area contributed by atoms with Gasteiger partial charge in [-0.2, -0.15) is 5.10 Å². The maximum absolute atomic E-state index is 12.0. The van der Waals surface area contributed by atoms with Crippen LogP contribution in [0.4, 0.5) is 0 Å². The first-order valence-electron chi connectivity index (χ1n) is 9.73.